The number of nitrogens with zero attached hydrogens (tertiary/aromatic N) is 1. The van der Waals surface area contributed by atoms with E-state index in [9.17, 15) is 0 Å². The van der Waals surface area contributed by atoms with Crippen molar-refractivity contribution in [3.63, 3.8) is 0 Å². The number of hydrogen-bond acceptors (Lipinski definition) is 2. The Balaban J connectivity index is 2.91. The van der Waals surface area contributed by atoms with E-state index < -0.39 is 0 Å². The number of pyridine rings is 1. The SMILES string of the molecule is CSc1ccnc(C(C)C)c1. The predicted octanol–water partition coefficient (Wildman–Crippen LogP) is 2.93. The molecule has 0 atom stereocenters. The Morgan fingerprint density at radius 3 is 2.73 bits per heavy atom. The Labute approximate surface area is 72.2 Å². The number of hydrogen-bond donors (Lipinski definition) is 0. The molecular formula is C9H13NS. The molecule has 0 saturated heterocycles. The van der Waals surface area contributed by atoms with E-state index in [2.05, 4.69) is 31.2 Å². The molecule has 0 bridgehead atoms. The Morgan fingerprint density at radius 1 is 1.45 bits per heavy atom. The highest BCUT2D eigenvalue weighted by molar-refractivity contribution is 7.98. The molecule has 0 aliphatic rings. The summed E-state index contributed by atoms with van der Waals surface area (Å²) in [5.74, 6) is 0.530. The predicted molar refractivity (Wildman–Crippen MR) is 50.1 cm³/mol. The van der Waals surface area contributed by atoms with Crippen molar-refractivity contribution in [1.29, 1.82) is 0 Å². The molecule has 0 aliphatic heterocycles. The third-order valence-corrected chi connectivity index (χ3v) is 2.31. The van der Waals surface area contributed by atoms with Crippen molar-refractivity contribution in [3.05, 3.63) is 24.0 Å². The van der Waals surface area contributed by atoms with E-state index in [1.165, 1.54) is 10.6 Å². The zero-order valence-corrected chi connectivity index (χ0v) is 7.98. The summed E-state index contributed by atoms with van der Waals surface area (Å²) in [5.41, 5.74) is 1.18. The smallest absolute Gasteiger partial charge is 0.0440 e. The first-order valence-corrected chi connectivity index (χ1v) is 4.96. The third kappa shape index (κ3) is 2.22. The lowest BCUT2D eigenvalue weighted by Gasteiger charge is -2.04. The molecule has 0 spiro atoms. The zero-order valence-electron chi connectivity index (χ0n) is 7.16. The first-order chi connectivity index (χ1) is 5.24. The van der Waals surface area contributed by atoms with Gasteiger partial charge in [-0.15, -0.1) is 11.8 Å². The Kier molecular flexibility index (Phi) is 2.94. The molecule has 11 heavy (non-hydrogen) atoms. The molecule has 1 nitrogen and oxygen atoms in total. The molecule has 1 heterocycles. The van der Waals surface area contributed by atoms with Gasteiger partial charge in [0.15, 0.2) is 0 Å². The fourth-order valence-electron chi connectivity index (χ4n) is 0.871. The van der Waals surface area contributed by atoms with E-state index in [-0.39, 0.29) is 0 Å². The average Bonchev–Trinajstić information content (AvgIpc) is 2.05. The van der Waals surface area contributed by atoms with E-state index in [0.717, 1.165) is 0 Å². The van der Waals surface area contributed by atoms with Gasteiger partial charge in [-0.2, -0.15) is 0 Å². The van der Waals surface area contributed by atoms with Gasteiger partial charge in [-0.3, -0.25) is 4.98 Å². The molecule has 0 amide bonds. The fourth-order valence-corrected chi connectivity index (χ4v) is 1.31. The highest BCUT2D eigenvalue weighted by atomic mass is 32.2. The van der Waals surface area contributed by atoms with Gasteiger partial charge in [-0.1, -0.05) is 13.8 Å². The topological polar surface area (TPSA) is 12.9 Å². The minimum atomic E-state index is 0.530. The molecule has 2 heteroatoms. The zero-order chi connectivity index (χ0) is 8.27. The van der Waals surface area contributed by atoms with Crippen molar-refractivity contribution in [2.75, 3.05) is 6.26 Å². The molecule has 0 fully saturated rings. The van der Waals surface area contributed by atoms with Crippen LogP contribution in [0.25, 0.3) is 0 Å². The standard InChI is InChI=1S/C9H13NS/c1-7(2)9-6-8(11-3)4-5-10-9/h4-7H,1-3H3. The Bertz CT molecular complexity index is 233. The van der Waals surface area contributed by atoms with Crippen LogP contribution in [0.3, 0.4) is 0 Å². The van der Waals surface area contributed by atoms with Crippen molar-refractivity contribution in [1.82, 2.24) is 4.98 Å². The molecule has 0 radical (unpaired) electrons. The maximum Gasteiger partial charge on any atom is 0.0440 e. The lowest BCUT2D eigenvalue weighted by molar-refractivity contribution is 0.817. The second-order valence-electron chi connectivity index (χ2n) is 2.78. The molecule has 1 aromatic heterocycles. The highest BCUT2D eigenvalue weighted by Gasteiger charge is 1.99. The van der Waals surface area contributed by atoms with Crippen LogP contribution in [-0.2, 0) is 0 Å². The minimum Gasteiger partial charge on any atom is -0.261 e. The van der Waals surface area contributed by atoms with Crippen LogP contribution in [0, 0.1) is 0 Å². The van der Waals surface area contributed by atoms with Gasteiger partial charge in [0.2, 0.25) is 0 Å². The summed E-state index contributed by atoms with van der Waals surface area (Å²) in [4.78, 5) is 5.57. The highest BCUT2D eigenvalue weighted by Crippen LogP contribution is 2.18. The fraction of sp³-hybridized carbons (Fsp3) is 0.444. The quantitative estimate of drug-likeness (QED) is 0.628. The lowest BCUT2D eigenvalue weighted by atomic mass is 10.1. The van der Waals surface area contributed by atoms with Crippen LogP contribution in [-0.4, -0.2) is 11.2 Å². The van der Waals surface area contributed by atoms with Crippen LogP contribution in [0.15, 0.2) is 23.2 Å². The van der Waals surface area contributed by atoms with Gasteiger partial charge in [0.05, 0.1) is 0 Å². The normalized spacial score (nSPS) is 10.5. The van der Waals surface area contributed by atoms with Gasteiger partial charge in [0, 0.05) is 16.8 Å². The van der Waals surface area contributed by atoms with Crippen molar-refractivity contribution in [2.24, 2.45) is 0 Å². The summed E-state index contributed by atoms with van der Waals surface area (Å²) in [6.45, 7) is 4.32. The van der Waals surface area contributed by atoms with Gasteiger partial charge in [0.1, 0.15) is 0 Å². The summed E-state index contributed by atoms with van der Waals surface area (Å²) in [5, 5.41) is 0. The maximum absolute atomic E-state index is 4.27. The Morgan fingerprint density at radius 2 is 2.18 bits per heavy atom. The molecule has 60 valence electrons. The summed E-state index contributed by atoms with van der Waals surface area (Å²) < 4.78 is 0. The molecule has 0 aromatic carbocycles. The van der Waals surface area contributed by atoms with Gasteiger partial charge in [0.25, 0.3) is 0 Å². The molecule has 0 unspecified atom stereocenters. The van der Waals surface area contributed by atoms with E-state index in [0.29, 0.717) is 5.92 Å². The van der Waals surface area contributed by atoms with Crippen molar-refractivity contribution < 1.29 is 0 Å². The number of aromatic nitrogens is 1. The molecule has 0 aliphatic carbocycles. The van der Waals surface area contributed by atoms with Crippen LogP contribution in [0.5, 0.6) is 0 Å². The van der Waals surface area contributed by atoms with Gasteiger partial charge < -0.3 is 0 Å². The van der Waals surface area contributed by atoms with E-state index in [4.69, 9.17) is 0 Å². The molecular weight excluding hydrogens is 154 g/mol. The van der Waals surface area contributed by atoms with E-state index >= 15 is 0 Å². The largest absolute Gasteiger partial charge is 0.261 e. The Hall–Kier alpha value is -0.500. The summed E-state index contributed by atoms with van der Waals surface area (Å²) in [7, 11) is 0. The molecule has 1 rings (SSSR count). The van der Waals surface area contributed by atoms with Crippen molar-refractivity contribution in [3.8, 4) is 0 Å². The van der Waals surface area contributed by atoms with Crippen LogP contribution < -0.4 is 0 Å². The van der Waals surface area contributed by atoms with E-state index in [1.807, 2.05) is 12.3 Å². The van der Waals surface area contributed by atoms with Gasteiger partial charge in [-0.25, -0.2) is 0 Å². The number of rotatable bonds is 2. The first-order valence-electron chi connectivity index (χ1n) is 3.74. The molecule has 0 saturated carbocycles. The van der Waals surface area contributed by atoms with Crippen LogP contribution >= 0.6 is 11.8 Å². The summed E-state index contributed by atoms with van der Waals surface area (Å²) >= 11 is 1.76. The first kappa shape index (κ1) is 8.60. The van der Waals surface area contributed by atoms with Crippen LogP contribution in [0.2, 0.25) is 0 Å². The van der Waals surface area contributed by atoms with Crippen LogP contribution in [0.1, 0.15) is 25.5 Å². The third-order valence-electron chi connectivity index (χ3n) is 1.58. The van der Waals surface area contributed by atoms with Crippen molar-refractivity contribution >= 4 is 11.8 Å². The van der Waals surface area contributed by atoms with E-state index in [1.54, 1.807) is 11.8 Å². The molecule has 0 N–H and O–H groups in total. The maximum atomic E-state index is 4.27. The van der Waals surface area contributed by atoms with Gasteiger partial charge >= 0.3 is 0 Å². The van der Waals surface area contributed by atoms with Crippen LogP contribution in [0.4, 0.5) is 0 Å². The van der Waals surface area contributed by atoms with Gasteiger partial charge in [-0.05, 0) is 24.3 Å². The average molecular weight is 167 g/mol. The molecule has 1 aromatic rings. The van der Waals surface area contributed by atoms with Crippen molar-refractivity contribution in [2.45, 2.75) is 24.7 Å². The number of thioether (sulfide) groups is 1. The monoisotopic (exact) mass is 167 g/mol. The lowest BCUT2D eigenvalue weighted by Crippen LogP contribution is -1.90. The second kappa shape index (κ2) is 3.77. The summed E-state index contributed by atoms with van der Waals surface area (Å²) in [6.07, 6.45) is 3.96. The minimum absolute atomic E-state index is 0.530. The summed E-state index contributed by atoms with van der Waals surface area (Å²) in [6, 6.07) is 4.19. The second-order valence-corrected chi connectivity index (χ2v) is 3.65.